The fourth-order valence-corrected chi connectivity index (χ4v) is 1.28. The number of carbonyl (C=O) groups excluding carboxylic acids is 1. The van der Waals surface area contributed by atoms with Gasteiger partial charge in [-0.3, -0.25) is 0 Å². The maximum absolute atomic E-state index is 12.5. The lowest BCUT2D eigenvalue weighted by Crippen LogP contribution is -2.10. The summed E-state index contributed by atoms with van der Waals surface area (Å²) < 4.78 is 29.7. The van der Waals surface area contributed by atoms with Crippen molar-refractivity contribution in [3.05, 3.63) is 35.9 Å². The van der Waals surface area contributed by atoms with Crippen molar-refractivity contribution in [3.8, 4) is 0 Å². The second-order valence-electron chi connectivity index (χ2n) is 3.63. The van der Waals surface area contributed by atoms with Crippen LogP contribution in [0.1, 0.15) is 16.8 Å². The van der Waals surface area contributed by atoms with Crippen LogP contribution in [0.4, 0.5) is 8.78 Å². The zero-order chi connectivity index (χ0) is 10.9. The average Bonchev–Trinajstić information content (AvgIpc) is 2.84. The van der Waals surface area contributed by atoms with Crippen molar-refractivity contribution >= 4 is 5.97 Å². The van der Waals surface area contributed by atoms with E-state index in [0.29, 0.717) is 5.56 Å². The smallest absolute Gasteiger partial charge is 0.338 e. The van der Waals surface area contributed by atoms with Crippen molar-refractivity contribution in [1.29, 1.82) is 0 Å². The Kier molecular flexibility index (Phi) is 2.42. The summed E-state index contributed by atoms with van der Waals surface area (Å²) in [5, 5.41) is 0. The van der Waals surface area contributed by atoms with Crippen molar-refractivity contribution in [3.63, 3.8) is 0 Å². The summed E-state index contributed by atoms with van der Waals surface area (Å²) >= 11 is 0. The number of rotatable bonds is 3. The van der Waals surface area contributed by atoms with E-state index in [1.165, 1.54) is 0 Å². The van der Waals surface area contributed by atoms with Crippen molar-refractivity contribution in [1.82, 2.24) is 0 Å². The molecule has 1 fully saturated rings. The minimum atomic E-state index is -2.63. The first-order valence-electron chi connectivity index (χ1n) is 4.69. The van der Waals surface area contributed by atoms with Gasteiger partial charge in [-0.05, 0) is 12.1 Å². The molecular formula is C11H10F2O2. The molecule has 80 valence electrons. The van der Waals surface area contributed by atoms with E-state index in [2.05, 4.69) is 0 Å². The van der Waals surface area contributed by atoms with Crippen LogP contribution in [0.3, 0.4) is 0 Å². The van der Waals surface area contributed by atoms with Crippen LogP contribution in [0.25, 0.3) is 0 Å². The largest absolute Gasteiger partial charge is 0.462 e. The van der Waals surface area contributed by atoms with Gasteiger partial charge in [0.15, 0.2) is 0 Å². The molecule has 0 aliphatic heterocycles. The number of alkyl halides is 2. The lowest BCUT2D eigenvalue weighted by atomic mass is 10.2. The summed E-state index contributed by atoms with van der Waals surface area (Å²) in [5.74, 6) is -3.96. The van der Waals surface area contributed by atoms with Gasteiger partial charge in [-0.15, -0.1) is 0 Å². The molecule has 1 aromatic carbocycles. The molecule has 0 heterocycles. The van der Waals surface area contributed by atoms with Crippen LogP contribution in [-0.2, 0) is 4.74 Å². The number of hydrogen-bond acceptors (Lipinski definition) is 2. The first kappa shape index (κ1) is 10.1. The molecule has 1 atom stereocenters. The summed E-state index contributed by atoms with van der Waals surface area (Å²) in [6.07, 6.45) is -0.172. The van der Waals surface area contributed by atoms with E-state index in [-0.39, 0.29) is 13.0 Å². The molecule has 0 spiro atoms. The summed E-state index contributed by atoms with van der Waals surface area (Å²) in [6, 6.07) is 8.34. The first-order valence-corrected chi connectivity index (χ1v) is 4.69. The fourth-order valence-electron chi connectivity index (χ4n) is 1.28. The molecule has 0 N–H and O–H groups in total. The molecule has 1 aliphatic carbocycles. The van der Waals surface area contributed by atoms with Gasteiger partial charge in [0, 0.05) is 6.42 Å². The highest BCUT2D eigenvalue weighted by Crippen LogP contribution is 2.48. The Balaban J connectivity index is 1.84. The number of ether oxygens (including phenoxy) is 1. The van der Waals surface area contributed by atoms with Crippen LogP contribution in [0.15, 0.2) is 30.3 Å². The molecule has 1 aliphatic rings. The molecule has 2 nitrogen and oxygen atoms in total. The molecule has 0 radical (unpaired) electrons. The van der Waals surface area contributed by atoms with Crippen molar-refractivity contribution in [2.75, 3.05) is 6.61 Å². The van der Waals surface area contributed by atoms with Gasteiger partial charge in [-0.2, -0.15) is 0 Å². The minimum Gasteiger partial charge on any atom is -0.462 e. The third kappa shape index (κ3) is 2.32. The van der Waals surface area contributed by atoms with Crippen molar-refractivity contribution in [2.45, 2.75) is 12.3 Å². The fraction of sp³-hybridized carbons (Fsp3) is 0.364. The molecule has 0 saturated heterocycles. The van der Waals surface area contributed by atoms with Gasteiger partial charge in [-0.1, -0.05) is 18.2 Å². The van der Waals surface area contributed by atoms with Crippen LogP contribution in [0, 0.1) is 5.92 Å². The van der Waals surface area contributed by atoms with Gasteiger partial charge in [0.2, 0.25) is 0 Å². The van der Waals surface area contributed by atoms with Crippen molar-refractivity contribution in [2.24, 2.45) is 5.92 Å². The predicted molar refractivity (Wildman–Crippen MR) is 49.8 cm³/mol. The number of carbonyl (C=O) groups is 1. The van der Waals surface area contributed by atoms with Crippen LogP contribution < -0.4 is 0 Å². The topological polar surface area (TPSA) is 26.3 Å². The number of halogens is 2. The monoisotopic (exact) mass is 212 g/mol. The second-order valence-corrected chi connectivity index (χ2v) is 3.63. The molecule has 15 heavy (non-hydrogen) atoms. The van der Waals surface area contributed by atoms with Crippen LogP contribution in [0.5, 0.6) is 0 Å². The van der Waals surface area contributed by atoms with Gasteiger partial charge in [-0.25, -0.2) is 13.6 Å². The van der Waals surface area contributed by atoms with Crippen molar-refractivity contribution < 1.29 is 18.3 Å². The van der Waals surface area contributed by atoms with Gasteiger partial charge >= 0.3 is 5.97 Å². The molecule has 0 bridgehead atoms. The quantitative estimate of drug-likeness (QED) is 0.719. The summed E-state index contributed by atoms with van der Waals surface area (Å²) in [6.45, 7) is -0.194. The standard InChI is InChI=1S/C11H10F2O2/c12-11(13)6-9(11)7-15-10(14)8-4-2-1-3-5-8/h1-5,9H,6-7H2. The van der Waals surface area contributed by atoms with E-state index in [9.17, 15) is 13.6 Å². The summed E-state index contributed by atoms with van der Waals surface area (Å²) in [7, 11) is 0. The molecular weight excluding hydrogens is 202 g/mol. The summed E-state index contributed by atoms with van der Waals surface area (Å²) in [5.41, 5.74) is 0.390. The number of hydrogen-bond donors (Lipinski definition) is 0. The van der Waals surface area contributed by atoms with Gasteiger partial charge < -0.3 is 4.74 Å². The third-order valence-corrected chi connectivity index (χ3v) is 2.38. The molecule has 0 aromatic heterocycles. The van der Waals surface area contributed by atoms with E-state index in [0.717, 1.165) is 0 Å². The highest BCUT2D eigenvalue weighted by molar-refractivity contribution is 5.89. The number of esters is 1. The minimum absolute atomic E-state index is 0.172. The lowest BCUT2D eigenvalue weighted by Gasteiger charge is -2.03. The van der Waals surface area contributed by atoms with E-state index >= 15 is 0 Å². The first-order chi connectivity index (χ1) is 7.09. The molecule has 4 heteroatoms. The third-order valence-electron chi connectivity index (χ3n) is 2.38. The summed E-state index contributed by atoms with van der Waals surface area (Å²) in [4.78, 5) is 11.3. The normalized spacial score (nSPS) is 22.1. The zero-order valence-corrected chi connectivity index (χ0v) is 7.95. The molecule has 2 rings (SSSR count). The maximum Gasteiger partial charge on any atom is 0.338 e. The molecule has 1 saturated carbocycles. The predicted octanol–water partition coefficient (Wildman–Crippen LogP) is 2.50. The Labute approximate surface area is 85.9 Å². The van der Waals surface area contributed by atoms with E-state index in [4.69, 9.17) is 4.74 Å². The van der Waals surface area contributed by atoms with Gasteiger partial charge in [0.25, 0.3) is 5.92 Å². The Morgan fingerprint density at radius 3 is 2.53 bits per heavy atom. The Hall–Kier alpha value is -1.45. The molecule has 1 unspecified atom stereocenters. The zero-order valence-electron chi connectivity index (χ0n) is 7.95. The Morgan fingerprint density at radius 1 is 1.40 bits per heavy atom. The Morgan fingerprint density at radius 2 is 2.00 bits per heavy atom. The van der Waals surface area contributed by atoms with E-state index in [1.54, 1.807) is 30.3 Å². The van der Waals surface area contributed by atoms with Crippen LogP contribution >= 0.6 is 0 Å². The second kappa shape index (κ2) is 3.61. The number of benzene rings is 1. The highest BCUT2D eigenvalue weighted by atomic mass is 19.3. The van der Waals surface area contributed by atoms with Gasteiger partial charge in [0.1, 0.15) is 6.61 Å². The molecule has 1 aromatic rings. The van der Waals surface area contributed by atoms with Crippen LogP contribution in [-0.4, -0.2) is 18.5 Å². The molecule has 0 amide bonds. The van der Waals surface area contributed by atoms with Gasteiger partial charge in [0.05, 0.1) is 11.5 Å². The lowest BCUT2D eigenvalue weighted by molar-refractivity contribution is 0.0368. The average molecular weight is 212 g/mol. The van der Waals surface area contributed by atoms with E-state index in [1.807, 2.05) is 0 Å². The van der Waals surface area contributed by atoms with E-state index < -0.39 is 17.8 Å². The Bertz CT molecular complexity index is 362. The highest BCUT2D eigenvalue weighted by Gasteiger charge is 2.57. The SMILES string of the molecule is O=C(OCC1CC1(F)F)c1ccccc1. The van der Waals surface area contributed by atoms with Crippen LogP contribution in [0.2, 0.25) is 0 Å². The maximum atomic E-state index is 12.5.